The molecule has 0 aliphatic carbocycles. The first-order valence-electron chi connectivity index (χ1n) is 7.54. The second kappa shape index (κ2) is 5.66. The number of fused-ring (bicyclic) bond motifs is 2. The lowest BCUT2D eigenvalue weighted by atomic mass is 9.91. The minimum atomic E-state index is -1.09. The molecule has 0 aromatic heterocycles. The Morgan fingerprint density at radius 3 is 2.64 bits per heavy atom. The van der Waals surface area contributed by atoms with Crippen LogP contribution < -0.4 is 11.1 Å². The van der Waals surface area contributed by atoms with E-state index in [0.717, 1.165) is 22.9 Å². The fourth-order valence-electron chi connectivity index (χ4n) is 3.40. The van der Waals surface area contributed by atoms with Gasteiger partial charge in [0.15, 0.2) is 0 Å². The molecule has 2 bridgehead atoms. The molecule has 22 heavy (non-hydrogen) atoms. The molecule has 0 spiro atoms. The zero-order chi connectivity index (χ0) is 15.9. The first kappa shape index (κ1) is 15.5. The van der Waals surface area contributed by atoms with E-state index in [4.69, 9.17) is 5.73 Å². The molecule has 0 saturated carbocycles. The van der Waals surface area contributed by atoms with Gasteiger partial charge in [-0.05, 0) is 37.5 Å². The van der Waals surface area contributed by atoms with Gasteiger partial charge in [0.25, 0.3) is 0 Å². The molecule has 2 aliphatic rings. The van der Waals surface area contributed by atoms with Gasteiger partial charge in [0.2, 0.25) is 11.8 Å². The monoisotopic (exact) mass is 365 g/mol. The first-order valence-corrected chi connectivity index (χ1v) is 8.33. The highest BCUT2D eigenvalue weighted by Crippen LogP contribution is 2.33. The lowest BCUT2D eigenvalue weighted by Crippen LogP contribution is -2.55. The maximum Gasteiger partial charge on any atom is 0.247 e. The predicted octanol–water partition coefficient (Wildman–Crippen LogP) is 1.50. The molecule has 6 heteroatoms. The van der Waals surface area contributed by atoms with E-state index in [1.165, 1.54) is 0 Å². The van der Waals surface area contributed by atoms with Crippen molar-refractivity contribution in [2.75, 3.05) is 6.54 Å². The van der Waals surface area contributed by atoms with Gasteiger partial charge in [0.05, 0.1) is 0 Å². The number of hydrogen-bond donors (Lipinski definition) is 2. The summed E-state index contributed by atoms with van der Waals surface area (Å²) in [6, 6.07) is 7.53. The summed E-state index contributed by atoms with van der Waals surface area (Å²) in [5.41, 5.74) is 6.08. The Labute approximate surface area is 138 Å². The van der Waals surface area contributed by atoms with Crippen LogP contribution >= 0.6 is 15.9 Å². The molecule has 1 aromatic carbocycles. The van der Waals surface area contributed by atoms with Crippen LogP contribution in [-0.4, -0.2) is 35.3 Å². The largest absolute Gasteiger partial charge is 0.354 e. The van der Waals surface area contributed by atoms with Crippen molar-refractivity contribution >= 4 is 27.7 Å². The number of nitrogens with zero attached hydrogens (tertiary/aromatic N) is 1. The number of hydrogen-bond acceptors (Lipinski definition) is 3. The fraction of sp³-hybridized carbons (Fsp3) is 0.500. The Hall–Kier alpha value is -1.40. The summed E-state index contributed by atoms with van der Waals surface area (Å²) in [5, 5.41) is 2.88. The van der Waals surface area contributed by atoms with Crippen molar-refractivity contribution in [3.05, 3.63) is 34.3 Å². The number of halogens is 1. The smallest absolute Gasteiger partial charge is 0.247 e. The number of benzene rings is 1. The third-order valence-corrected chi connectivity index (χ3v) is 5.23. The van der Waals surface area contributed by atoms with Crippen LogP contribution in [0.15, 0.2) is 28.7 Å². The third kappa shape index (κ3) is 2.65. The standard InChI is InChI=1S/C16H20BrN3O2/c1-16(18,10-2-4-11(17)5-3-10)15(22)20-12-6-7-13(20)9-19-14(21)8-12/h2-5,12-13H,6-9,18H2,1H3,(H,19,21). The minimum absolute atomic E-state index is 0.0207. The Morgan fingerprint density at radius 1 is 1.32 bits per heavy atom. The summed E-state index contributed by atoms with van der Waals surface area (Å²) in [5.74, 6) is -0.0776. The van der Waals surface area contributed by atoms with Crippen molar-refractivity contribution in [3.8, 4) is 0 Å². The van der Waals surface area contributed by atoms with E-state index in [2.05, 4.69) is 21.2 Å². The van der Waals surface area contributed by atoms with Gasteiger partial charge in [0, 0.05) is 29.5 Å². The summed E-state index contributed by atoms with van der Waals surface area (Å²) in [6.45, 7) is 2.27. The summed E-state index contributed by atoms with van der Waals surface area (Å²) in [6.07, 6.45) is 2.17. The molecule has 2 amide bonds. The molecule has 5 nitrogen and oxygen atoms in total. The molecule has 3 N–H and O–H groups in total. The minimum Gasteiger partial charge on any atom is -0.354 e. The van der Waals surface area contributed by atoms with E-state index < -0.39 is 5.54 Å². The Bertz CT molecular complexity index is 600. The van der Waals surface area contributed by atoms with Crippen molar-refractivity contribution in [2.24, 2.45) is 5.73 Å². The average Bonchev–Trinajstić information content (AvgIpc) is 2.78. The van der Waals surface area contributed by atoms with Gasteiger partial charge < -0.3 is 16.0 Å². The summed E-state index contributed by atoms with van der Waals surface area (Å²) in [7, 11) is 0. The second-order valence-corrected chi connectivity index (χ2v) is 7.23. The zero-order valence-electron chi connectivity index (χ0n) is 12.5. The van der Waals surface area contributed by atoms with Gasteiger partial charge in [0.1, 0.15) is 5.54 Å². The van der Waals surface area contributed by atoms with E-state index in [1.54, 1.807) is 6.92 Å². The molecular formula is C16H20BrN3O2. The highest BCUT2D eigenvalue weighted by molar-refractivity contribution is 9.10. The Balaban J connectivity index is 1.89. The molecule has 0 radical (unpaired) electrons. The molecule has 3 unspecified atom stereocenters. The highest BCUT2D eigenvalue weighted by Gasteiger charge is 2.45. The van der Waals surface area contributed by atoms with E-state index in [-0.39, 0.29) is 23.9 Å². The third-order valence-electron chi connectivity index (χ3n) is 4.70. The van der Waals surface area contributed by atoms with Crippen molar-refractivity contribution in [2.45, 2.75) is 43.8 Å². The van der Waals surface area contributed by atoms with E-state index in [0.29, 0.717) is 13.0 Å². The Kier molecular flexibility index (Phi) is 3.99. The number of nitrogens with one attached hydrogen (secondary N) is 1. The summed E-state index contributed by atoms with van der Waals surface area (Å²) >= 11 is 3.39. The van der Waals surface area contributed by atoms with E-state index in [9.17, 15) is 9.59 Å². The number of amides is 2. The Morgan fingerprint density at radius 2 is 1.95 bits per heavy atom. The fourth-order valence-corrected chi connectivity index (χ4v) is 3.66. The van der Waals surface area contributed by atoms with Crippen LogP contribution in [0, 0.1) is 0 Å². The van der Waals surface area contributed by atoms with Crippen molar-refractivity contribution in [3.63, 3.8) is 0 Å². The van der Waals surface area contributed by atoms with Crippen LogP contribution in [0.4, 0.5) is 0 Å². The molecular weight excluding hydrogens is 346 g/mol. The number of nitrogens with two attached hydrogens (primary N) is 1. The zero-order valence-corrected chi connectivity index (χ0v) is 14.1. The quantitative estimate of drug-likeness (QED) is 0.833. The molecule has 2 heterocycles. The van der Waals surface area contributed by atoms with Crippen LogP contribution in [0.3, 0.4) is 0 Å². The van der Waals surface area contributed by atoms with E-state index >= 15 is 0 Å². The van der Waals surface area contributed by atoms with Crippen molar-refractivity contribution in [1.29, 1.82) is 0 Å². The molecule has 2 fully saturated rings. The van der Waals surface area contributed by atoms with Crippen LogP contribution in [0.2, 0.25) is 0 Å². The molecule has 118 valence electrons. The first-order chi connectivity index (χ1) is 10.4. The van der Waals surface area contributed by atoms with Gasteiger partial charge in [-0.1, -0.05) is 28.1 Å². The van der Waals surface area contributed by atoms with Gasteiger partial charge in [-0.15, -0.1) is 0 Å². The van der Waals surface area contributed by atoms with Gasteiger partial charge in [-0.3, -0.25) is 9.59 Å². The average molecular weight is 366 g/mol. The summed E-state index contributed by atoms with van der Waals surface area (Å²) < 4.78 is 0.948. The number of carbonyl (C=O) groups excluding carboxylic acids is 2. The van der Waals surface area contributed by atoms with Crippen LogP contribution in [-0.2, 0) is 15.1 Å². The molecule has 1 aromatic rings. The second-order valence-electron chi connectivity index (χ2n) is 6.31. The number of rotatable bonds is 2. The van der Waals surface area contributed by atoms with Gasteiger partial charge in [-0.25, -0.2) is 0 Å². The lowest BCUT2D eigenvalue weighted by molar-refractivity contribution is -0.139. The molecule has 3 atom stereocenters. The van der Waals surface area contributed by atoms with Gasteiger partial charge >= 0.3 is 0 Å². The van der Waals surface area contributed by atoms with Gasteiger partial charge in [-0.2, -0.15) is 0 Å². The van der Waals surface area contributed by atoms with Crippen molar-refractivity contribution in [1.82, 2.24) is 10.2 Å². The maximum atomic E-state index is 13.1. The normalized spacial score (nSPS) is 27.0. The van der Waals surface area contributed by atoms with Crippen LogP contribution in [0.1, 0.15) is 31.7 Å². The van der Waals surface area contributed by atoms with Crippen LogP contribution in [0.5, 0.6) is 0 Å². The van der Waals surface area contributed by atoms with E-state index in [1.807, 2.05) is 29.2 Å². The highest BCUT2D eigenvalue weighted by atomic mass is 79.9. The maximum absolute atomic E-state index is 13.1. The van der Waals surface area contributed by atoms with Crippen LogP contribution in [0.25, 0.3) is 0 Å². The SMILES string of the molecule is CC(N)(C(=O)N1C2CCC1CC(=O)NC2)c1ccc(Br)cc1. The molecule has 3 rings (SSSR count). The van der Waals surface area contributed by atoms with Crippen molar-refractivity contribution < 1.29 is 9.59 Å². The number of carbonyl (C=O) groups is 2. The predicted molar refractivity (Wildman–Crippen MR) is 87.0 cm³/mol. The summed E-state index contributed by atoms with van der Waals surface area (Å²) in [4.78, 5) is 26.6. The lowest BCUT2D eigenvalue weighted by Gasteiger charge is -2.35. The molecule has 2 saturated heterocycles. The molecule has 2 aliphatic heterocycles. The topological polar surface area (TPSA) is 75.4 Å².